The van der Waals surface area contributed by atoms with Gasteiger partial charge in [-0.1, -0.05) is 120 Å². The average molecular weight is 1670 g/mol. The first-order valence-corrected chi connectivity index (χ1v) is 51.7. The fraction of sp³-hybridized carbons (Fsp3) is 0.904. The van der Waals surface area contributed by atoms with E-state index in [9.17, 15) is 29.4 Å². The Bertz CT molecular complexity index is 2190. The van der Waals surface area contributed by atoms with Crippen molar-refractivity contribution in [3.8, 4) is 0 Å². The molecule has 6 N–H and O–H groups in total. The molecule has 0 spiro atoms. The van der Waals surface area contributed by atoms with Crippen LogP contribution in [0.3, 0.4) is 0 Å². The maximum Gasteiger partial charge on any atom is 0.311 e. The standard InChI is InChI=1S/C17H36O4Si.C13H29NO4Si.C12H28O3Si.C12H26O3Si.C12H24O3.C6H14O3.C6H12O.C5H10O2/c1-9-19-13-17(8,14-20-15(18)16(5,6)7)21-22(10-2,11-3)12-4;1-6-15-12-13(5,10-11-16-18-14)17-19(7-2,8-3)9-4;2*1-6-14-11-12(5,10-13)15-16(7-2,8-3)9-4;1-6-7-8-12(5,14)9-15-10(13)11(2,3)4;1-3-9-5-6(2,8)4-7;1-4-7-5-6(2)3;1-3-7-4-5(2)6/h9-14H2,1-8H3;10-11H,6-9,12,14H2,1-5H3;13H,6-11H2,1-5H3;10H,6-9,11H2,1-5H3;14H,6-9H2,1-5H3;7-8H,3-5H2,1-2H3;2,4-5H2,1,3H3;3-4H2,1-2H3/b;11-10+;;;;;;/t17-;13-;3*12-;6-;;/m011101../s1. The van der Waals surface area contributed by atoms with Gasteiger partial charge >= 0.3 is 11.9 Å². The van der Waals surface area contributed by atoms with Gasteiger partial charge < -0.3 is 90.4 Å². The molecular formula is C83H179NO23Si4. The number of aliphatic hydroxyl groups excluding tert-OH is 2. The second-order valence-electron chi connectivity index (χ2n) is 31.7. The first kappa shape index (κ1) is 124. The predicted molar refractivity (Wildman–Crippen MR) is 465 cm³/mol. The van der Waals surface area contributed by atoms with Gasteiger partial charge in [-0.15, -0.1) is 0 Å². The maximum absolute atomic E-state index is 12.1. The summed E-state index contributed by atoms with van der Waals surface area (Å²) in [6, 6.07) is 12.9. The zero-order valence-electron chi connectivity index (χ0n) is 77.9. The van der Waals surface area contributed by atoms with Crippen molar-refractivity contribution in [2.75, 3.05) is 119 Å². The third-order valence-electron chi connectivity index (χ3n) is 18.4. The normalized spacial score (nSPS) is 15.0. The number of esters is 2. The van der Waals surface area contributed by atoms with Crippen molar-refractivity contribution in [3.05, 3.63) is 24.5 Å². The molecule has 0 aliphatic heterocycles. The van der Waals surface area contributed by atoms with Crippen molar-refractivity contribution in [2.45, 2.75) is 361 Å². The van der Waals surface area contributed by atoms with E-state index < -0.39 is 77.7 Å². The number of nitrogens with two attached hydrogens (primary N) is 1. The van der Waals surface area contributed by atoms with E-state index in [0.29, 0.717) is 79.1 Å². The molecule has 0 bridgehead atoms. The quantitative estimate of drug-likeness (QED) is 0.00718. The van der Waals surface area contributed by atoms with E-state index in [0.717, 1.165) is 104 Å². The summed E-state index contributed by atoms with van der Waals surface area (Å²) >= 11 is 0. The fourth-order valence-electron chi connectivity index (χ4n) is 10.1. The molecule has 0 saturated heterocycles. The molecule has 0 aromatic rings. The first-order valence-electron chi connectivity index (χ1n) is 41.6. The number of carbonyl (C=O) groups is 4. The molecule has 0 heterocycles. The lowest BCUT2D eigenvalue weighted by Crippen LogP contribution is -2.51. The largest absolute Gasteiger partial charge is 0.462 e. The summed E-state index contributed by atoms with van der Waals surface area (Å²) in [5.74, 6) is 4.45. The molecule has 0 radical (unpaired) electrons. The van der Waals surface area contributed by atoms with Crippen LogP contribution in [-0.4, -0.2) is 230 Å². The number of aldehydes is 1. The van der Waals surface area contributed by atoms with E-state index in [4.69, 9.17) is 76.4 Å². The van der Waals surface area contributed by atoms with Crippen molar-refractivity contribution >= 4 is 57.3 Å². The molecule has 0 aromatic carbocycles. The zero-order chi connectivity index (χ0) is 88.4. The van der Waals surface area contributed by atoms with E-state index in [-0.39, 0.29) is 57.4 Å². The van der Waals surface area contributed by atoms with Crippen LogP contribution >= 0.6 is 0 Å². The number of ether oxygens (including phenoxy) is 9. The Kier molecular flexibility index (Phi) is 78.1. The van der Waals surface area contributed by atoms with Crippen LogP contribution in [0.1, 0.15) is 255 Å². The third kappa shape index (κ3) is 66.4. The summed E-state index contributed by atoms with van der Waals surface area (Å²) in [6.07, 6.45) is 6.74. The summed E-state index contributed by atoms with van der Waals surface area (Å²) in [5.41, 5.74) is -4.24. The van der Waals surface area contributed by atoms with Crippen LogP contribution in [0.4, 0.5) is 0 Å². The molecule has 0 aromatic heterocycles. The lowest BCUT2D eigenvalue weighted by atomic mass is 9.96. The number of rotatable bonds is 54. The smallest absolute Gasteiger partial charge is 0.311 e. The molecule has 0 saturated carbocycles. The molecule has 0 unspecified atom stereocenters. The molecule has 0 aliphatic carbocycles. The van der Waals surface area contributed by atoms with Gasteiger partial charge in [0.25, 0.3) is 0 Å². The van der Waals surface area contributed by atoms with Crippen LogP contribution in [0.5, 0.6) is 0 Å². The van der Waals surface area contributed by atoms with Gasteiger partial charge in [-0.2, -0.15) is 5.90 Å². The molecule has 0 fully saturated rings. The molecule has 111 heavy (non-hydrogen) atoms. The molecule has 28 heteroatoms. The van der Waals surface area contributed by atoms with Gasteiger partial charge in [-0.3, -0.25) is 14.4 Å². The van der Waals surface area contributed by atoms with Crippen molar-refractivity contribution in [1.29, 1.82) is 0 Å². The highest BCUT2D eigenvalue weighted by Crippen LogP contribution is 2.33. The van der Waals surface area contributed by atoms with Gasteiger partial charge in [0.2, 0.25) is 0 Å². The number of Topliss-reactive ketones (excluding diaryl/α,β-unsaturated/α-hetero) is 1. The van der Waals surface area contributed by atoms with Crippen LogP contribution < -0.4 is 5.90 Å². The second kappa shape index (κ2) is 69.7. The van der Waals surface area contributed by atoms with Crippen LogP contribution in [0.25, 0.3) is 0 Å². The van der Waals surface area contributed by atoms with Crippen molar-refractivity contribution in [1.82, 2.24) is 0 Å². The summed E-state index contributed by atoms with van der Waals surface area (Å²) in [7, 11) is -6.91. The van der Waals surface area contributed by atoms with Gasteiger partial charge in [-0.05, 0) is 230 Å². The maximum atomic E-state index is 12.1. The lowest BCUT2D eigenvalue weighted by Gasteiger charge is -2.40. The van der Waals surface area contributed by atoms with Gasteiger partial charge in [0.15, 0.2) is 45.3 Å². The number of unbranched alkanes of at least 4 members (excludes halogenated alkanes) is 1. The zero-order valence-corrected chi connectivity index (χ0v) is 81.9. The second-order valence-corrected chi connectivity index (χ2v) is 50.5. The van der Waals surface area contributed by atoms with E-state index in [2.05, 4.69) is 106 Å². The Morgan fingerprint density at radius 3 is 1.00 bits per heavy atom. The van der Waals surface area contributed by atoms with Crippen molar-refractivity contribution in [3.63, 3.8) is 0 Å². The Labute approximate surface area is 684 Å². The predicted octanol–water partition coefficient (Wildman–Crippen LogP) is 17.8. The Morgan fingerprint density at radius 1 is 0.396 bits per heavy atom. The Hall–Kier alpha value is -2.25. The lowest BCUT2D eigenvalue weighted by molar-refractivity contribution is -0.254. The molecule has 0 rings (SSSR count). The van der Waals surface area contributed by atoms with E-state index in [1.807, 2.05) is 104 Å². The minimum atomic E-state index is -1.79. The van der Waals surface area contributed by atoms with E-state index in [1.54, 1.807) is 33.8 Å². The van der Waals surface area contributed by atoms with Gasteiger partial charge in [0.05, 0.1) is 80.5 Å². The highest BCUT2D eigenvalue weighted by atomic mass is 28.4. The summed E-state index contributed by atoms with van der Waals surface area (Å²) < 4.78 is 72.6. The summed E-state index contributed by atoms with van der Waals surface area (Å²) in [4.78, 5) is 53.4. The fourth-order valence-corrected chi connectivity index (χ4v) is 22.4. The summed E-state index contributed by atoms with van der Waals surface area (Å²) in [5, 5.41) is 36.9. The third-order valence-corrected chi connectivity index (χ3v) is 37.5. The first-order chi connectivity index (χ1) is 51.5. The minimum absolute atomic E-state index is 0.0295. The van der Waals surface area contributed by atoms with Crippen LogP contribution in [0.2, 0.25) is 72.5 Å². The molecule has 24 nitrogen and oxygen atoms in total. The molecule has 6 atom stereocenters. The van der Waals surface area contributed by atoms with Crippen molar-refractivity contribution in [2.24, 2.45) is 16.7 Å². The van der Waals surface area contributed by atoms with Crippen LogP contribution in [0.15, 0.2) is 24.5 Å². The summed E-state index contributed by atoms with van der Waals surface area (Å²) in [6.45, 7) is 78.5. The van der Waals surface area contributed by atoms with Crippen LogP contribution in [0, 0.1) is 10.8 Å². The highest BCUT2D eigenvalue weighted by molar-refractivity contribution is 6.75. The van der Waals surface area contributed by atoms with Crippen LogP contribution in [-0.2, 0) is 89.4 Å². The van der Waals surface area contributed by atoms with E-state index >= 15 is 0 Å². The highest BCUT2D eigenvalue weighted by Gasteiger charge is 2.42. The molecule has 670 valence electrons. The number of hydrogen-bond acceptors (Lipinski definition) is 24. The topological polar surface area (TPSA) is 314 Å². The van der Waals surface area contributed by atoms with Gasteiger partial charge in [0.1, 0.15) is 42.9 Å². The van der Waals surface area contributed by atoms with Gasteiger partial charge in [-0.25, -0.2) is 0 Å². The molecule has 0 amide bonds. The number of aliphatic hydroxyl groups is 4. The van der Waals surface area contributed by atoms with Crippen molar-refractivity contribution < 1.29 is 110 Å². The monoisotopic (exact) mass is 1670 g/mol. The van der Waals surface area contributed by atoms with Gasteiger partial charge in [0, 0.05) is 46.2 Å². The number of hydrogen-bond donors (Lipinski definition) is 5. The Morgan fingerprint density at radius 2 is 0.712 bits per heavy atom. The SMILES string of the molecule is C=C(C)COCC.CCCC[C@](C)(O)COC(=O)C(C)(C)C.CCOCC(C)=O.CCOC[C@@](C)(/C=C/OON)O[Si](CC)(CC)CC.CCOC[C@@](C)(C=O)O[Si](CC)(CC)CC.CCOC[C@@](C)(CO)O[Si](CC)(CC)CC.CCOC[C@@](C)(COC(=O)C(C)(C)C)O[Si](CC)(CC)CC.CCOC[C@](C)(O)CO. The van der Waals surface area contributed by atoms with E-state index in [1.165, 1.54) is 20.1 Å². The minimum Gasteiger partial charge on any atom is -0.462 e. The number of carbonyl (C=O) groups excluding carboxylic acids is 4. The molecular weight excluding hydrogens is 1490 g/mol. The number of ketones is 1. The molecule has 0 aliphatic rings. The Balaban J connectivity index is -0.000000187. The average Bonchev–Trinajstić information content (AvgIpc) is 0.850.